The van der Waals surface area contributed by atoms with Crippen molar-refractivity contribution in [2.24, 2.45) is 5.73 Å². The van der Waals surface area contributed by atoms with Gasteiger partial charge in [0.15, 0.2) is 0 Å². The van der Waals surface area contributed by atoms with Gasteiger partial charge in [-0.2, -0.15) is 0 Å². The molecule has 0 amide bonds. The highest BCUT2D eigenvalue weighted by Crippen LogP contribution is 2.17. The summed E-state index contributed by atoms with van der Waals surface area (Å²) >= 11 is 0. The van der Waals surface area contributed by atoms with Crippen molar-refractivity contribution in [3.63, 3.8) is 0 Å². The van der Waals surface area contributed by atoms with Crippen LogP contribution in [0.5, 0.6) is 5.75 Å². The van der Waals surface area contributed by atoms with Gasteiger partial charge in [0, 0.05) is 12.1 Å². The van der Waals surface area contributed by atoms with Crippen LogP contribution in [-0.2, 0) is 11.3 Å². The highest BCUT2D eigenvalue weighted by Gasteiger charge is 2.09. The van der Waals surface area contributed by atoms with Crippen molar-refractivity contribution < 1.29 is 9.47 Å². The van der Waals surface area contributed by atoms with Crippen LogP contribution in [0.25, 0.3) is 0 Å². The Morgan fingerprint density at radius 2 is 1.81 bits per heavy atom. The summed E-state index contributed by atoms with van der Waals surface area (Å²) in [6.07, 6.45) is 0. The summed E-state index contributed by atoms with van der Waals surface area (Å²) in [6, 6.07) is 7.80. The Bertz CT molecular complexity index is 318. The summed E-state index contributed by atoms with van der Waals surface area (Å²) in [6.45, 7) is 7.72. The van der Waals surface area contributed by atoms with E-state index in [2.05, 4.69) is 0 Å². The summed E-state index contributed by atoms with van der Waals surface area (Å²) in [4.78, 5) is 0. The molecule has 0 aliphatic rings. The fraction of sp³-hybridized carbons (Fsp3) is 0.538. The molecule has 0 fully saturated rings. The van der Waals surface area contributed by atoms with Gasteiger partial charge in [-0.3, -0.25) is 0 Å². The van der Waals surface area contributed by atoms with E-state index in [-0.39, 0.29) is 5.60 Å². The average molecular weight is 223 g/mol. The second kappa shape index (κ2) is 5.87. The lowest BCUT2D eigenvalue weighted by atomic mass is 10.2. The molecule has 90 valence electrons. The minimum absolute atomic E-state index is 0.114. The van der Waals surface area contributed by atoms with Gasteiger partial charge in [-0.05, 0) is 26.8 Å². The van der Waals surface area contributed by atoms with Gasteiger partial charge in [-0.25, -0.2) is 0 Å². The molecule has 1 aromatic rings. The van der Waals surface area contributed by atoms with Gasteiger partial charge in [0.2, 0.25) is 0 Å². The van der Waals surface area contributed by atoms with Crippen molar-refractivity contribution in [1.29, 1.82) is 0 Å². The van der Waals surface area contributed by atoms with E-state index in [0.717, 1.165) is 11.3 Å². The molecular weight excluding hydrogens is 202 g/mol. The topological polar surface area (TPSA) is 44.5 Å². The fourth-order valence-corrected chi connectivity index (χ4v) is 1.31. The molecule has 0 aromatic heterocycles. The third-order valence-corrected chi connectivity index (χ3v) is 2.07. The molecule has 3 heteroatoms. The van der Waals surface area contributed by atoms with E-state index in [9.17, 15) is 0 Å². The maximum absolute atomic E-state index is 5.62. The minimum atomic E-state index is -0.114. The number of benzene rings is 1. The first kappa shape index (κ1) is 13.0. The van der Waals surface area contributed by atoms with E-state index in [1.165, 1.54) is 0 Å². The summed E-state index contributed by atoms with van der Waals surface area (Å²) in [7, 11) is 0. The molecule has 0 spiro atoms. The maximum Gasteiger partial charge on any atom is 0.123 e. The van der Waals surface area contributed by atoms with E-state index in [0.29, 0.717) is 19.8 Å². The van der Waals surface area contributed by atoms with Crippen molar-refractivity contribution in [1.82, 2.24) is 0 Å². The Kier molecular flexibility index (Phi) is 4.77. The zero-order valence-electron chi connectivity index (χ0n) is 10.3. The second-order valence-corrected chi connectivity index (χ2v) is 4.62. The molecule has 0 atom stereocenters. The number of nitrogens with two attached hydrogens (primary N) is 1. The molecule has 0 bridgehead atoms. The van der Waals surface area contributed by atoms with Crippen LogP contribution in [0.4, 0.5) is 0 Å². The fourth-order valence-electron chi connectivity index (χ4n) is 1.31. The quantitative estimate of drug-likeness (QED) is 0.779. The van der Waals surface area contributed by atoms with Gasteiger partial charge in [0.1, 0.15) is 12.4 Å². The van der Waals surface area contributed by atoms with Gasteiger partial charge in [0.05, 0.1) is 12.2 Å². The third kappa shape index (κ3) is 4.64. The summed E-state index contributed by atoms with van der Waals surface area (Å²) in [5, 5.41) is 0. The molecule has 0 heterocycles. The minimum Gasteiger partial charge on any atom is -0.491 e. The number of ether oxygens (including phenoxy) is 2. The zero-order valence-corrected chi connectivity index (χ0v) is 10.3. The monoisotopic (exact) mass is 223 g/mol. The van der Waals surface area contributed by atoms with Gasteiger partial charge >= 0.3 is 0 Å². The Labute approximate surface area is 97.6 Å². The van der Waals surface area contributed by atoms with Crippen LogP contribution in [0.15, 0.2) is 24.3 Å². The Morgan fingerprint density at radius 3 is 2.44 bits per heavy atom. The second-order valence-electron chi connectivity index (χ2n) is 4.62. The molecule has 16 heavy (non-hydrogen) atoms. The molecule has 0 saturated heterocycles. The van der Waals surface area contributed by atoms with Crippen LogP contribution in [0.3, 0.4) is 0 Å². The number of hydrogen-bond donors (Lipinski definition) is 1. The van der Waals surface area contributed by atoms with Crippen molar-refractivity contribution in [3.8, 4) is 5.75 Å². The number of hydrogen-bond acceptors (Lipinski definition) is 3. The van der Waals surface area contributed by atoms with Crippen molar-refractivity contribution in [2.45, 2.75) is 32.9 Å². The van der Waals surface area contributed by atoms with Crippen LogP contribution in [0.1, 0.15) is 26.3 Å². The molecule has 3 nitrogen and oxygen atoms in total. The zero-order chi connectivity index (χ0) is 12.0. The largest absolute Gasteiger partial charge is 0.491 e. The van der Waals surface area contributed by atoms with E-state index in [1.54, 1.807) is 0 Å². The van der Waals surface area contributed by atoms with Gasteiger partial charge < -0.3 is 15.2 Å². The molecular formula is C13H21NO2. The normalized spacial score (nSPS) is 11.5. The maximum atomic E-state index is 5.62. The van der Waals surface area contributed by atoms with Crippen molar-refractivity contribution >= 4 is 0 Å². The van der Waals surface area contributed by atoms with E-state index in [4.69, 9.17) is 15.2 Å². The molecule has 0 aliphatic carbocycles. The molecule has 0 radical (unpaired) electrons. The van der Waals surface area contributed by atoms with Crippen LogP contribution >= 0.6 is 0 Å². The Morgan fingerprint density at radius 1 is 1.12 bits per heavy atom. The Hall–Kier alpha value is -1.06. The average Bonchev–Trinajstić information content (AvgIpc) is 2.23. The number of para-hydroxylation sites is 1. The molecule has 1 aromatic carbocycles. The lowest BCUT2D eigenvalue weighted by Gasteiger charge is -2.19. The first-order valence-corrected chi connectivity index (χ1v) is 5.57. The summed E-state index contributed by atoms with van der Waals surface area (Å²) < 4.78 is 11.2. The van der Waals surface area contributed by atoms with Crippen LogP contribution in [0, 0.1) is 0 Å². The van der Waals surface area contributed by atoms with Crippen molar-refractivity contribution in [3.05, 3.63) is 29.8 Å². The predicted octanol–water partition coefficient (Wildman–Crippen LogP) is 2.34. The lowest BCUT2D eigenvalue weighted by Crippen LogP contribution is -2.22. The number of rotatable bonds is 5. The van der Waals surface area contributed by atoms with Crippen molar-refractivity contribution in [2.75, 3.05) is 13.2 Å². The van der Waals surface area contributed by atoms with E-state index in [1.807, 2.05) is 45.0 Å². The molecule has 0 unspecified atom stereocenters. The van der Waals surface area contributed by atoms with Crippen LogP contribution in [-0.4, -0.2) is 18.8 Å². The smallest absolute Gasteiger partial charge is 0.123 e. The van der Waals surface area contributed by atoms with Crippen LogP contribution in [0.2, 0.25) is 0 Å². The van der Waals surface area contributed by atoms with E-state index < -0.39 is 0 Å². The molecule has 0 saturated carbocycles. The summed E-state index contributed by atoms with van der Waals surface area (Å²) in [5.41, 5.74) is 6.52. The highest BCUT2D eigenvalue weighted by molar-refractivity contribution is 5.32. The van der Waals surface area contributed by atoms with Crippen LogP contribution < -0.4 is 10.5 Å². The lowest BCUT2D eigenvalue weighted by molar-refractivity contribution is -0.0163. The van der Waals surface area contributed by atoms with E-state index >= 15 is 0 Å². The van der Waals surface area contributed by atoms with Gasteiger partial charge in [0.25, 0.3) is 0 Å². The SMILES string of the molecule is CC(C)(C)OCCOc1ccccc1CN. The standard InChI is InChI=1S/C13H21NO2/c1-13(2,3)16-9-8-15-12-7-5-4-6-11(12)10-14/h4-7H,8-10,14H2,1-3H3. The highest BCUT2D eigenvalue weighted by atomic mass is 16.5. The van der Waals surface area contributed by atoms with Gasteiger partial charge in [-0.15, -0.1) is 0 Å². The first-order chi connectivity index (χ1) is 7.53. The Balaban J connectivity index is 2.37. The predicted molar refractivity (Wildman–Crippen MR) is 65.5 cm³/mol. The first-order valence-electron chi connectivity index (χ1n) is 5.57. The molecule has 0 aliphatic heterocycles. The molecule has 2 N–H and O–H groups in total. The third-order valence-electron chi connectivity index (χ3n) is 2.07. The summed E-state index contributed by atoms with van der Waals surface area (Å²) in [5.74, 6) is 0.850. The molecule has 1 rings (SSSR count). The van der Waals surface area contributed by atoms with Gasteiger partial charge in [-0.1, -0.05) is 18.2 Å².